The number of benzene rings is 1. The smallest absolute Gasteiger partial charge is 0.335 e. The Morgan fingerprint density at radius 1 is 1.17 bits per heavy atom. The molecule has 0 fully saturated rings. The molecule has 0 aliphatic rings. The molecule has 0 saturated heterocycles. The lowest BCUT2D eigenvalue weighted by molar-refractivity contribution is 0.0696. The molecule has 1 aromatic carbocycles. The predicted molar refractivity (Wildman–Crippen MR) is 91.8 cm³/mol. The molecule has 0 radical (unpaired) electrons. The molecule has 0 aliphatic heterocycles. The SMILES string of the molecule is CCCCC(COc1ccc(C(=O)O)cc1)Oc1ccc(C)nc1. The zero-order chi connectivity index (χ0) is 17.4. The molecule has 0 bridgehead atoms. The summed E-state index contributed by atoms with van der Waals surface area (Å²) in [6.07, 6.45) is 4.66. The number of nitrogens with zero attached hydrogens (tertiary/aromatic N) is 1. The Morgan fingerprint density at radius 3 is 2.46 bits per heavy atom. The first kappa shape index (κ1) is 17.8. The molecule has 0 saturated carbocycles. The standard InChI is InChI=1S/C19H23NO4/c1-3-4-5-18(24-17-9-6-14(2)20-12-17)13-23-16-10-7-15(8-11-16)19(21)22/h6-12,18H,3-5,13H2,1-2H3,(H,21,22). The van der Waals surface area contributed by atoms with E-state index in [2.05, 4.69) is 11.9 Å². The first-order valence-electron chi connectivity index (χ1n) is 8.14. The Morgan fingerprint density at radius 2 is 1.88 bits per heavy atom. The number of aromatic carboxylic acids is 1. The third-order valence-corrected chi connectivity index (χ3v) is 3.60. The molecule has 0 amide bonds. The van der Waals surface area contributed by atoms with Gasteiger partial charge in [-0.05, 0) is 56.2 Å². The first-order valence-corrected chi connectivity index (χ1v) is 8.14. The van der Waals surface area contributed by atoms with Gasteiger partial charge in [0, 0.05) is 5.69 Å². The number of carboxylic acid groups (broad SMARTS) is 1. The second-order valence-corrected chi connectivity index (χ2v) is 5.66. The Bertz CT molecular complexity index is 637. The minimum Gasteiger partial charge on any atom is -0.490 e. The number of aryl methyl sites for hydroxylation is 1. The van der Waals surface area contributed by atoms with Crippen molar-refractivity contribution in [2.24, 2.45) is 0 Å². The van der Waals surface area contributed by atoms with Gasteiger partial charge in [-0.1, -0.05) is 13.3 Å². The van der Waals surface area contributed by atoms with Crippen molar-refractivity contribution in [3.63, 3.8) is 0 Å². The van der Waals surface area contributed by atoms with Gasteiger partial charge in [0.2, 0.25) is 0 Å². The van der Waals surface area contributed by atoms with Crippen LogP contribution in [-0.2, 0) is 0 Å². The van der Waals surface area contributed by atoms with Crippen molar-refractivity contribution in [1.29, 1.82) is 0 Å². The Kier molecular flexibility index (Phi) is 6.61. The lowest BCUT2D eigenvalue weighted by Gasteiger charge is -2.19. The summed E-state index contributed by atoms with van der Waals surface area (Å²) in [6, 6.07) is 10.2. The summed E-state index contributed by atoms with van der Waals surface area (Å²) in [6.45, 7) is 4.47. The number of carboxylic acids is 1. The molecule has 1 heterocycles. The number of rotatable bonds is 9. The molecule has 0 aliphatic carbocycles. The molecule has 5 nitrogen and oxygen atoms in total. The van der Waals surface area contributed by atoms with Crippen LogP contribution in [-0.4, -0.2) is 28.8 Å². The molecule has 5 heteroatoms. The average molecular weight is 329 g/mol. The molecule has 1 unspecified atom stereocenters. The van der Waals surface area contributed by atoms with Gasteiger partial charge in [-0.25, -0.2) is 4.79 Å². The van der Waals surface area contributed by atoms with Gasteiger partial charge in [0.1, 0.15) is 24.2 Å². The maximum absolute atomic E-state index is 10.9. The second kappa shape index (κ2) is 8.91. The molecule has 24 heavy (non-hydrogen) atoms. The molecular formula is C19H23NO4. The van der Waals surface area contributed by atoms with Crippen LogP contribution >= 0.6 is 0 Å². The van der Waals surface area contributed by atoms with Gasteiger partial charge in [-0.15, -0.1) is 0 Å². The highest BCUT2D eigenvalue weighted by atomic mass is 16.5. The van der Waals surface area contributed by atoms with Crippen LogP contribution in [0, 0.1) is 6.92 Å². The predicted octanol–water partition coefficient (Wildman–Crippen LogP) is 4.10. The number of hydrogen-bond acceptors (Lipinski definition) is 4. The van der Waals surface area contributed by atoms with Gasteiger partial charge in [0.05, 0.1) is 11.8 Å². The molecular weight excluding hydrogens is 306 g/mol. The number of hydrogen-bond donors (Lipinski definition) is 1. The summed E-state index contributed by atoms with van der Waals surface area (Å²) in [4.78, 5) is 15.1. The highest BCUT2D eigenvalue weighted by Gasteiger charge is 2.12. The summed E-state index contributed by atoms with van der Waals surface area (Å²) in [5.41, 5.74) is 1.19. The minimum atomic E-state index is -0.947. The summed E-state index contributed by atoms with van der Waals surface area (Å²) in [7, 11) is 0. The van der Waals surface area contributed by atoms with Crippen molar-refractivity contribution in [2.75, 3.05) is 6.61 Å². The van der Waals surface area contributed by atoms with E-state index in [9.17, 15) is 4.79 Å². The van der Waals surface area contributed by atoms with Crippen LogP contribution in [0.4, 0.5) is 0 Å². The van der Waals surface area contributed by atoms with E-state index in [1.165, 1.54) is 12.1 Å². The van der Waals surface area contributed by atoms with Gasteiger partial charge >= 0.3 is 5.97 Å². The highest BCUT2D eigenvalue weighted by Crippen LogP contribution is 2.17. The van der Waals surface area contributed by atoms with Crippen LogP contribution in [0.1, 0.15) is 42.2 Å². The summed E-state index contributed by atoms with van der Waals surface area (Å²) in [5.74, 6) is 0.413. The third-order valence-electron chi connectivity index (χ3n) is 3.60. The fraction of sp³-hybridized carbons (Fsp3) is 0.368. The molecule has 2 rings (SSSR count). The largest absolute Gasteiger partial charge is 0.490 e. The number of ether oxygens (including phenoxy) is 2. The Labute approximate surface area is 142 Å². The summed E-state index contributed by atoms with van der Waals surface area (Å²) >= 11 is 0. The maximum Gasteiger partial charge on any atom is 0.335 e. The molecule has 1 aromatic heterocycles. The quantitative estimate of drug-likeness (QED) is 0.750. The summed E-state index contributed by atoms with van der Waals surface area (Å²) < 4.78 is 11.7. The Balaban J connectivity index is 1.94. The number of unbranched alkanes of at least 4 members (excludes halogenated alkanes) is 1. The maximum atomic E-state index is 10.9. The summed E-state index contributed by atoms with van der Waals surface area (Å²) in [5, 5.41) is 8.91. The van der Waals surface area contributed by atoms with Crippen LogP contribution < -0.4 is 9.47 Å². The lowest BCUT2D eigenvalue weighted by atomic mass is 10.1. The van der Waals surface area contributed by atoms with E-state index in [-0.39, 0.29) is 11.7 Å². The van der Waals surface area contributed by atoms with Crippen molar-refractivity contribution >= 4 is 5.97 Å². The highest BCUT2D eigenvalue weighted by molar-refractivity contribution is 5.87. The van der Waals surface area contributed by atoms with Crippen molar-refractivity contribution in [3.8, 4) is 11.5 Å². The molecule has 1 N–H and O–H groups in total. The van der Waals surface area contributed by atoms with Crippen molar-refractivity contribution in [3.05, 3.63) is 53.9 Å². The van der Waals surface area contributed by atoms with E-state index in [4.69, 9.17) is 14.6 Å². The van der Waals surface area contributed by atoms with Crippen LogP contribution in [0.5, 0.6) is 11.5 Å². The van der Waals surface area contributed by atoms with E-state index in [1.807, 2.05) is 19.1 Å². The van der Waals surface area contributed by atoms with Gasteiger partial charge in [0.25, 0.3) is 0 Å². The number of pyridine rings is 1. The zero-order valence-electron chi connectivity index (χ0n) is 14.1. The first-order chi connectivity index (χ1) is 11.6. The molecule has 128 valence electrons. The van der Waals surface area contributed by atoms with Crippen molar-refractivity contribution in [1.82, 2.24) is 4.98 Å². The minimum absolute atomic E-state index is 0.0754. The van der Waals surface area contributed by atoms with E-state index in [1.54, 1.807) is 18.3 Å². The number of aromatic nitrogens is 1. The fourth-order valence-electron chi connectivity index (χ4n) is 2.21. The average Bonchev–Trinajstić information content (AvgIpc) is 2.59. The normalized spacial score (nSPS) is 11.8. The van der Waals surface area contributed by atoms with E-state index >= 15 is 0 Å². The van der Waals surface area contributed by atoms with Gasteiger partial charge in [-0.3, -0.25) is 4.98 Å². The van der Waals surface area contributed by atoms with Crippen molar-refractivity contribution < 1.29 is 19.4 Å². The molecule has 0 spiro atoms. The zero-order valence-corrected chi connectivity index (χ0v) is 14.1. The monoisotopic (exact) mass is 329 g/mol. The topological polar surface area (TPSA) is 68.7 Å². The van der Waals surface area contributed by atoms with E-state index in [0.717, 1.165) is 30.7 Å². The fourth-order valence-corrected chi connectivity index (χ4v) is 2.21. The molecule has 1 atom stereocenters. The van der Waals surface area contributed by atoms with E-state index in [0.29, 0.717) is 12.4 Å². The lowest BCUT2D eigenvalue weighted by Crippen LogP contribution is -2.25. The van der Waals surface area contributed by atoms with Gasteiger partial charge < -0.3 is 14.6 Å². The Hall–Kier alpha value is -2.56. The van der Waals surface area contributed by atoms with Crippen LogP contribution in [0.3, 0.4) is 0 Å². The molecule has 2 aromatic rings. The van der Waals surface area contributed by atoms with Crippen LogP contribution in [0.25, 0.3) is 0 Å². The van der Waals surface area contributed by atoms with Crippen LogP contribution in [0.2, 0.25) is 0 Å². The van der Waals surface area contributed by atoms with Crippen LogP contribution in [0.15, 0.2) is 42.6 Å². The van der Waals surface area contributed by atoms with Gasteiger partial charge in [-0.2, -0.15) is 0 Å². The second-order valence-electron chi connectivity index (χ2n) is 5.66. The third kappa shape index (κ3) is 5.57. The van der Waals surface area contributed by atoms with Gasteiger partial charge in [0.15, 0.2) is 0 Å². The van der Waals surface area contributed by atoms with Crippen molar-refractivity contribution in [2.45, 2.75) is 39.2 Å². The van der Waals surface area contributed by atoms with E-state index < -0.39 is 5.97 Å². The number of carbonyl (C=O) groups is 1.